The number of hydrogen-bond donors (Lipinski definition) is 0. The monoisotopic (exact) mass is 933 g/mol. The lowest BCUT2D eigenvalue weighted by Gasteiger charge is -2.16. The SMILES string of the molecule is CCCCCCCC(=O)Oc1cc(OC(=O)CCCCCCC)c2c(=O)c(OC(=O)CCCCCCC)c(-c3ccc(OC(=O)CCCCCCC)c(OC(=O)CCCCCCC)c3)oc2c1. The lowest BCUT2D eigenvalue weighted by molar-refractivity contribution is -0.137. The molecule has 0 saturated carbocycles. The van der Waals surface area contributed by atoms with E-state index in [1.807, 2.05) is 0 Å². The number of fused-ring (bicyclic) bond motifs is 1. The Balaban J connectivity index is 2.19. The van der Waals surface area contributed by atoms with Gasteiger partial charge in [-0.3, -0.25) is 28.8 Å². The molecule has 1 heterocycles. The number of benzene rings is 2. The average Bonchev–Trinajstić information content (AvgIpc) is 3.30. The predicted molar refractivity (Wildman–Crippen MR) is 263 cm³/mol. The van der Waals surface area contributed by atoms with Gasteiger partial charge in [0, 0.05) is 49.8 Å². The zero-order chi connectivity index (χ0) is 48.7. The van der Waals surface area contributed by atoms with Crippen LogP contribution in [0.5, 0.6) is 28.7 Å². The molecule has 1 aromatic heterocycles. The second-order valence-electron chi connectivity index (χ2n) is 17.7. The molecule has 0 radical (unpaired) electrons. The van der Waals surface area contributed by atoms with Crippen molar-refractivity contribution in [3.63, 3.8) is 0 Å². The highest BCUT2D eigenvalue weighted by Crippen LogP contribution is 2.40. The van der Waals surface area contributed by atoms with Crippen LogP contribution in [0.4, 0.5) is 0 Å². The summed E-state index contributed by atoms with van der Waals surface area (Å²) in [6, 6.07) is 7.05. The van der Waals surface area contributed by atoms with Gasteiger partial charge in [-0.15, -0.1) is 0 Å². The van der Waals surface area contributed by atoms with Crippen molar-refractivity contribution in [2.75, 3.05) is 0 Å². The van der Waals surface area contributed by atoms with Crippen LogP contribution in [0.15, 0.2) is 39.5 Å². The number of esters is 5. The largest absolute Gasteiger partial charge is 0.452 e. The summed E-state index contributed by atoms with van der Waals surface area (Å²) < 4.78 is 35.6. The van der Waals surface area contributed by atoms with Gasteiger partial charge in [0.15, 0.2) is 17.3 Å². The first-order valence-electron chi connectivity index (χ1n) is 25.9. The molecule has 372 valence electrons. The molecular weight excluding hydrogens is 853 g/mol. The van der Waals surface area contributed by atoms with Crippen molar-refractivity contribution in [1.29, 1.82) is 0 Å². The van der Waals surface area contributed by atoms with Gasteiger partial charge in [0.05, 0.1) is 0 Å². The van der Waals surface area contributed by atoms with E-state index in [9.17, 15) is 28.8 Å². The minimum absolute atomic E-state index is 0.00295. The average molecular weight is 933 g/mol. The van der Waals surface area contributed by atoms with Crippen LogP contribution < -0.4 is 29.1 Å². The second-order valence-corrected chi connectivity index (χ2v) is 17.7. The fourth-order valence-electron chi connectivity index (χ4n) is 7.71. The van der Waals surface area contributed by atoms with E-state index < -0.39 is 41.0 Å². The highest BCUT2D eigenvalue weighted by molar-refractivity contribution is 5.92. The first-order chi connectivity index (χ1) is 32.5. The molecule has 0 N–H and O–H groups in total. The minimum atomic E-state index is -0.806. The molecule has 0 spiro atoms. The molecule has 3 aromatic rings. The molecule has 0 aliphatic heterocycles. The number of carbonyl (C=O) groups is 5. The maximum atomic E-state index is 14.8. The summed E-state index contributed by atoms with van der Waals surface area (Å²) in [5.41, 5.74) is -0.753. The third-order valence-electron chi connectivity index (χ3n) is 11.6. The smallest absolute Gasteiger partial charge is 0.311 e. The zero-order valence-electron chi connectivity index (χ0n) is 41.5. The van der Waals surface area contributed by atoms with Gasteiger partial charge in [0.1, 0.15) is 22.5 Å². The fraction of sp³-hybridized carbons (Fsp3) is 0.636. The van der Waals surface area contributed by atoms with E-state index in [1.165, 1.54) is 30.3 Å². The lowest BCUT2D eigenvalue weighted by atomic mass is 10.1. The second kappa shape index (κ2) is 33.5. The summed E-state index contributed by atoms with van der Waals surface area (Å²) in [6.45, 7) is 10.6. The van der Waals surface area contributed by atoms with Gasteiger partial charge in [-0.05, 0) is 50.3 Å². The normalized spacial score (nSPS) is 11.1. The molecule has 12 nitrogen and oxygen atoms in total. The molecular formula is C55H80O12. The van der Waals surface area contributed by atoms with Gasteiger partial charge < -0.3 is 28.1 Å². The van der Waals surface area contributed by atoms with E-state index >= 15 is 0 Å². The van der Waals surface area contributed by atoms with Crippen LogP contribution >= 0.6 is 0 Å². The predicted octanol–water partition coefficient (Wildman–Crippen LogP) is 14.8. The van der Waals surface area contributed by atoms with E-state index in [0.717, 1.165) is 128 Å². The molecule has 0 bridgehead atoms. The Labute approximate surface area is 399 Å². The highest BCUT2D eigenvalue weighted by atomic mass is 16.6. The van der Waals surface area contributed by atoms with E-state index in [2.05, 4.69) is 34.6 Å². The van der Waals surface area contributed by atoms with Crippen LogP contribution in [0.1, 0.15) is 227 Å². The van der Waals surface area contributed by atoms with Gasteiger partial charge in [0.2, 0.25) is 11.2 Å². The van der Waals surface area contributed by atoms with Gasteiger partial charge in [0.25, 0.3) is 0 Å². The molecule has 0 aliphatic carbocycles. The Bertz CT molecular complexity index is 2030. The highest BCUT2D eigenvalue weighted by Gasteiger charge is 2.27. The summed E-state index contributed by atoms with van der Waals surface area (Å²) >= 11 is 0. The molecule has 3 rings (SSSR count). The van der Waals surface area contributed by atoms with Crippen LogP contribution in [0.25, 0.3) is 22.3 Å². The number of rotatable bonds is 36. The third-order valence-corrected chi connectivity index (χ3v) is 11.6. The van der Waals surface area contributed by atoms with E-state index in [0.29, 0.717) is 32.1 Å². The van der Waals surface area contributed by atoms with Crippen molar-refractivity contribution < 1.29 is 52.1 Å². The van der Waals surface area contributed by atoms with Crippen LogP contribution in [-0.4, -0.2) is 29.8 Å². The van der Waals surface area contributed by atoms with Crippen LogP contribution in [0, 0.1) is 0 Å². The van der Waals surface area contributed by atoms with Gasteiger partial charge >= 0.3 is 29.8 Å². The van der Waals surface area contributed by atoms with Crippen molar-refractivity contribution >= 4 is 40.8 Å². The van der Waals surface area contributed by atoms with Crippen molar-refractivity contribution in [2.45, 2.75) is 227 Å². The molecule has 0 aliphatic rings. The topological polar surface area (TPSA) is 162 Å². The number of unbranched alkanes of at least 4 members (excludes halogenated alkanes) is 20. The van der Waals surface area contributed by atoms with Crippen LogP contribution in [0.3, 0.4) is 0 Å². The van der Waals surface area contributed by atoms with Crippen LogP contribution in [-0.2, 0) is 24.0 Å². The Hall–Kier alpha value is -5.00. The van der Waals surface area contributed by atoms with Crippen molar-refractivity contribution in [3.8, 4) is 40.1 Å². The number of carbonyl (C=O) groups excluding carboxylic acids is 5. The van der Waals surface area contributed by atoms with E-state index in [1.54, 1.807) is 0 Å². The van der Waals surface area contributed by atoms with Crippen molar-refractivity contribution in [2.24, 2.45) is 0 Å². The van der Waals surface area contributed by atoms with E-state index in [-0.39, 0.29) is 77.4 Å². The first-order valence-corrected chi connectivity index (χ1v) is 25.9. The van der Waals surface area contributed by atoms with E-state index in [4.69, 9.17) is 28.1 Å². The Kier molecular flexibility index (Phi) is 28.1. The maximum Gasteiger partial charge on any atom is 0.311 e. The Morgan fingerprint density at radius 3 is 1.21 bits per heavy atom. The quantitative estimate of drug-likeness (QED) is 0.0309. The van der Waals surface area contributed by atoms with Crippen molar-refractivity contribution in [1.82, 2.24) is 0 Å². The van der Waals surface area contributed by atoms with Gasteiger partial charge in [-0.2, -0.15) is 0 Å². The van der Waals surface area contributed by atoms with Gasteiger partial charge in [-0.1, -0.05) is 163 Å². The lowest BCUT2D eigenvalue weighted by Crippen LogP contribution is -2.18. The summed E-state index contributed by atoms with van der Waals surface area (Å²) in [5.74, 6) is -3.74. The Morgan fingerprint density at radius 2 is 0.776 bits per heavy atom. The molecule has 2 aromatic carbocycles. The molecule has 67 heavy (non-hydrogen) atoms. The number of ether oxygens (including phenoxy) is 5. The molecule has 0 saturated heterocycles. The summed E-state index contributed by atoms with van der Waals surface area (Å²) in [4.78, 5) is 81.1. The first kappa shape index (κ1) is 56.3. The molecule has 0 amide bonds. The van der Waals surface area contributed by atoms with Gasteiger partial charge in [-0.25, -0.2) is 0 Å². The van der Waals surface area contributed by atoms with Crippen LogP contribution in [0.2, 0.25) is 0 Å². The standard InChI is InChI=1S/C55H80O12/c1-6-11-16-21-26-31-47(56)62-42-39-45(65-50(59)34-29-24-19-14-9-4)52-46(40-42)66-54(55(53(52)61)67-51(60)35-30-25-20-15-10-5)41-36-37-43(63-48(57)32-27-22-17-12-7-2)44(38-41)64-49(58)33-28-23-18-13-8-3/h36-40H,6-35H2,1-5H3. The molecule has 0 atom stereocenters. The van der Waals surface area contributed by atoms with Crippen molar-refractivity contribution in [3.05, 3.63) is 40.6 Å². The summed E-state index contributed by atoms with van der Waals surface area (Å²) in [5, 5.41) is -0.188. The summed E-state index contributed by atoms with van der Waals surface area (Å²) in [6.07, 6.45) is 23.3. The number of hydrogen-bond acceptors (Lipinski definition) is 12. The fourth-order valence-corrected chi connectivity index (χ4v) is 7.71. The molecule has 12 heteroatoms. The zero-order valence-corrected chi connectivity index (χ0v) is 41.5. The maximum absolute atomic E-state index is 14.8. The molecule has 0 fully saturated rings. The molecule has 0 unspecified atom stereocenters. The Morgan fingerprint density at radius 1 is 0.403 bits per heavy atom. The third kappa shape index (κ3) is 21.7. The summed E-state index contributed by atoms with van der Waals surface area (Å²) in [7, 11) is 0. The minimum Gasteiger partial charge on any atom is -0.452 e.